The van der Waals surface area contributed by atoms with Crippen molar-refractivity contribution in [3.05, 3.63) is 39.9 Å². The van der Waals surface area contributed by atoms with Gasteiger partial charge in [-0.2, -0.15) is 0 Å². The fourth-order valence-corrected chi connectivity index (χ4v) is 2.07. The van der Waals surface area contributed by atoms with Crippen molar-refractivity contribution in [1.29, 1.82) is 0 Å². The SMILES string of the molecule is NC1CCCN(Cc2ccc([N+](=O)[O-])cc2)C1=O. The van der Waals surface area contributed by atoms with Gasteiger partial charge in [-0.3, -0.25) is 14.9 Å². The van der Waals surface area contributed by atoms with E-state index >= 15 is 0 Å². The molecule has 2 rings (SSSR count). The molecule has 1 amide bonds. The van der Waals surface area contributed by atoms with Crippen molar-refractivity contribution in [2.45, 2.75) is 25.4 Å². The van der Waals surface area contributed by atoms with Crippen LogP contribution in [0.3, 0.4) is 0 Å². The maximum absolute atomic E-state index is 11.8. The van der Waals surface area contributed by atoms with Gasteiger partial charge in [-0.15, -0.1) is 0 Å². The summed E-state index contributed by atoms with van der Waals surface area (Å²) in [5.74, 6) is -0.0420. The molecule has 1 aliphatic rings. The standard InChI is InChI=1S/C12H15N3O3/c13-11-2-1-7-14(12(11)16)8-9-3-5-10(6-4-9)15(17)18/h3-6,11H,1-2,7-8,13H2. The van der Waals surface area contributed by atoms with E-state index in [0.717, 1.165) is 18.4 Å². The number of hydrogen-bond donors (Lipinski definition) is 1. The molecule has 1 aliphatic heterocycles. The molecule has 0 spiro atoms. The van der Waals surface area contributed by atoms with Gasteiger partial charge >= 0.3 is 0 Å². The molecule has 2 N–H and O–H groups in total. The van der Waals surface area contributed by atoms with Crippen LogP contribution in [0.5, 0.6) is 0 Å². The Morgan fingerprint density at radius 3 is 2.67 bits per heavy atom. The third-order valence-electron chi connectivity index (χ3n) is 3.09. The van der Waals surface area contributed by atoms with Crippen molar-refractivity contribution >= 4 is 11.6 Å². The Hall–Kier alpha value is -1.95. The van der Waals surface area contributed by atoms with E-state index in [1.807, 2.05) is 0 Å². The summed E-state index contributed by atoms with van der Waals surface area (Å²) in [6, 6.07) is 5.83. The number of hydrogen-bond acceptors (Lipinski definition) is 4. The molecule has 0 saturated carbocycles. The lowest BCUT2D eigenvalue weighted by molar-refractivity contribution is -0.384. The molecular formula is C12H15N3O3. The normalized spacial score (nSPS) is 19.9. The summed E-state index contributed by atoms with van der Waals surface area (Å²) in [6.45, 7) is 1.16. The van der Waals surface area contributed by atoms with Crippen molar-refractivity contribution in [2.75, 3.05) is 6.54 Å². The van der Waals surface area contributed by atoms with E-state index in [4.69, 9.17) is 5.73 Å². The number of rotatable bonds is 3. The van der Waals surface area contributed by atoms with Crippen LogP contribution >= 0.6 is 0 Å². The number of nitrogens with zero attached hydrogens (tertiary/aromatic N) is 2. The van der Waals surface area contributed by atoms with E-state index in [0.29, 0.717) is 13.1 Å². The van der Waals surface area contributed by atoms with E-state index < -0.39 is 11.0 Å². The maximum Gasteiger partial charge on any atom is 0.269 e. The highest BCUT2D eigenvalue weighted by Gasteiger charge is 2.25. The van der Waals surface area contributed by atoms with Gasteiger partial charge in [-0.1, -0.05) is 12.1 Å². The smallest absolute Gasteiger partial charge is 0.269 e. The van der Waals surface area contributed by atoms with Crippen LogP contribution in [0.1, 0.15) is 18.4 Å². The van der Waals surface area contributed by atoms with Gasteiger partial charge in [0.05, 0.1) is 11.0 Å². The Labute approximate surface area is 105 Å². The second-order valence-electron chi connectivity index (χ2n) is 4.43. The minimum absolute atomic E-state index is 0.0420. The summed E-state index contributed by atoms with van der Waals surface area (Å²) in [4.78, 5) is 23.6. The van der Waals surface area contributed by atoms with Crippen LogP contribution in [-0.4, -0.2) is 28.3 Å². The number of carbonyl (C=O) groups is 1. The minimum Gasteiger partial charge on any atom is -0.337 e. The Morgan fingerprint density at radius 1 is 1.39 bits per heavy atom. The minimum atomic E-state index is -0.439. The predicted octanol–water partition coefficient (Wildman–Crippen LogP) is 1.04. The van der Waals surface area contributed by atoms with Crippen LogP contribution in [-0.2, 0) is 11.3 Å². The molecule has 1 unspecified atom stereocenters. The average molecular weight is 249 g/mol. The third kappa shape index (κ3) is 2.65. The van der Waals surface area contributed by atoms with Gasteiger partial charge in [-0.25, -0.2) is 0 Å². The van der Waals surface area contributed by atoms with E-state index in [9.17, 15) is 14.9 Å². The van der Waals surface area contributed by atoms with Gasteiger partial charge < -0.3 is 10.6 Å². The summed E-state index contributed by atoms with van der Waals surface area (Å²) < 4.78 is 0. The summed E-state index contributed by atoms with van der Waals surface area (Å²) in [7, 11) is 0. The van der Waals surface area contributed by atoms with Crippen LogP contribution < -0.4 is 5.73 Å². The fraction of sp³-hybridized carbons (Fsp3) is 0.417. The monoisotopic (exact) mass is 249 g/mol. The van der Waals surface area contributed by atoms with Crippen molar-refractivity contribution in [3.63, 3.8) is 0 Å². The number of benzene rings is 1. The summed E-state index contributed by atoms with van der Waals surface area (Å²) in [5.41, 5.74) is 6.64. The first kappa shape index (κ1) is 12.5. The van der Waals surface area contributed by atoms with Crippen LogP contribution in [0.25, 0.3) is 0 Å². The third-order valence-corrected chi connectivity index (χ3v) is 3.09. The molecule has 6 nitrogen and oxygen atoms in total. The van der Waals surface area contributed by atoms with Crippen molar-refractivity contribution < 1.29 is 9.72 Å². The highest BCUT2D eigenvalue weighted by atomic mass is 16.6. The van der Waals surface area contributed by atoms with Gasteiger partial charge in [0.15, 0.2) is 0 Å². The van der Waals surface area contributed by atoms with Crippen molar-refractivity contribution in [2.24, 2.45) is 5.73 Å². The van der Waals surface area contributed by atoms with Crippen LogP contribution in [0.2, 0.25) is 0 Å². The molecule has 6 heteroatoms. The second-order valence-corrected chi connectivity index (χ2v) is 4.43. The average Bonchev–Trinajstić information content (AvgIpc) is 2.36. The van der Waals surface area contributed by atoms with Gasteiger partial charge in [0.25, 0.3) is 5.69 Å². The molecule has 18 heavy (non-hydrogen) atoms. The summed E-state index contributed by atoms with van der Waals surface area (Å²) in [5, 5.41) is 10.5. The van der Waals surface area contributed by atoms with Crippen LogP contribution in [0, 0.1) is 10.1 Å². The Morgan fingerprint density at radius 2 is 2.06 bits per heavy atom. The Bertz CT molecular complexity index is 458. The Kier molecular flexibility index (Phi) is 3.57. The first-order valence-corrected chi connectivity index (χ1v) is 5.85. The predicted molar refractivity (Wildman–Crippen MR) is 65.7 cm³/mol. The lowest BCUT2D eigenvalue weighted by Crippen LogP contribution is -2.47. The molecule has 0 aromatic heterocycles. The van der Waals surface area contributed by atoms with Crippen LogP contribution in [0.15, 0.2) is 24.3 Å². The number of non-ortho nitro benzene ring substituents is 1. The highest BCUT2D eigenvalue weighted by Crippen LogP contribution is 2.16. The Balaban J connectivity index is 2.04. The molecule has 0 bridgehead atoms. The number of nitro groups is 1. The zero-order chi connectivity index (χ0) is 13.1. The molecule has 1 saturated heterocycles. The number of nitro benzene ring substituents is 1. The first-order valence-electron chi connectivity index (χ1n) is 5.85. The van der Waals surface area contributed by atoms with Crippen LogP contribution in [0.4, 0.5) is 5.69 Å². The molecular weight excluding hydrogens is 234 g/mol. The number of carbonyl (C=O) groups excluding carboxylic acids is 1. The molecule has 1 aromatic carbocycles. The molecule has 1 atom stereocenters. The van der Waals surface area contributed by atoms with E-state index in [1.165, 1.54) is 12.1 Å². The number of likely N-dealkylation sites (tertiary alicyclic amines) is 1. The molecule has 1 fully saturated rings. The quantitative estimate of drug-likeness (QED) is 0.640. The number of nitrogens with two attached hydrogens (primary N) is 1. The molecule has 0 aliphatic carbocycles. The highest BCUT2D eigenvalue weighted by molar-refractivity contribution is 5.82. The zero-order valence-electron chi connectivity index (χ0n) is 9.91. The van der Waals surface area contributed by atoms with Crippen molar-refractivity contribution in [1.82, 2.24) is 4.90 Å². The topological polar surface area (TPSA) is 89.5 Å². The van der Waals surface area contributed by atoms with Gasteiger partial charge in [-0.05, 0) is 18.4 Å². The van der Waals surface area contributed by atoms with Crippen molar-refractivity contribution in [3.8, 4) is 0 Å². The molecule has 1 aromatic rings. The van der Waals surface area contributed by atoms with Gasteiger partial charge in [0.1, 0.15) is 0 Å². The molecule has 0 radical (unpaired) electrons. The van der Waals surface area contributed by atoms with Gasteiger partial charge in [0.2, 0.25) is 5.91 Å². The summed E-state index contributed by atoms with van der Waals surface area (Å²) in [6.07, 6.45) is 1.63. The molecule has 96 valence electrons. The maximum atomic E-state index is 11.8. The van der Waals surface area contributed by atoms with E-state index in [2.05, 4.69) is 0 Å². The van der Waals surface area contributed by atoms with Gasteiger partial charge in [0, 0.05) is 25.2 Å². The summed E-state index contributed by atoms with van der Waals surface area (Å²) >= 11 is 0. The molecule has 1 heterocycles. The van der Waals surface area contributed by atoms with E-state index in [1.54, 1.807) is 17.0 Å². The fourth-order valence-electron chi connectivity index (χ4n) is 2.07. The largest absolute Gasteiger partial charge is 0.337 e. The van der Waals surface area contributed by atoms with E-state index in [-0.39, 0.29) is 11.6 Å². The second kappa shape index (κ2) is 5.14. The lowest BCUT2D eigenvalue weighted by Gasteiger charge is -2.30. The number of amides is 1. The zero-order valence-corrected chi connectivity index (χ0v) is 9.91. The number of piperidine rings is 1. The lowest BCUT2D eigenvalue weighted by atomic mass is 10.0. The first-order chi connectivity index (χ1) is 8.58.